The zero-order valence-corrected chi connectivity index (χ0v) is 10.6. The summed E-state index contributed by atoms with van der Waals surface area (Å²) in [6.07, 6.45) is 0. The Balaban J connectivity index is 0.00000196. The van der Waals surface area contributed by atoms with E-state index in [0.717, 1.165) is 18.2 Å². The molecule has 8 heteroatoms. The predicted octanol–water partition coefficient (Wildman–Crippen LogP) is -3.36. The fourth-order valence-corrected chi connectivity index (χ4v) is 1.34. The molecule has 15 heavy (non-hydrogen) atoms. The van der Waals surface area contributed by atoms with Crippen molar-refractivity contribution in [2.24, 2.45) is 0 Å². The normalized spacial score (nSPS) is 12.9. The first-order valence-electron chi connectivity index (χ1n) is 3.47. The van der Waals surface area contributed by atoms with Crippen molar-refractivity contribution in [1.82, 2.24) is 0 Å². The average Bonchev–Trinajstić information content (AvgIpc) is 2.07. The van der Waals surface area contributed by atoms with Crippen LogP contribution in [0.1, 0.15) is 11.0 Å². The summed E-state index contributed by atoms with van der Waals surface area (Å²) in [4.78, 5) is 0. The number of aliphatic hydroxyl groups is 1. The van der Waals surface area contributed by atoms with Crippen LogP contribution in [0.25, 0.3) is 0 Å². The summed E-state index contributed by atoms with van der Waals surface area (Å²) in [5, 5.41) is 26.8. The van der Waals surface area contributed by atoms with E-state index in [0.29, 0.717) is 0 Å². The van der Waals surface area contributed by atoms with Crippen LogP contribution in [0.4, 0.5) is 0 Å². The maximum absolute atomic E-state index is 10.4. The summed E-state index contributed by atoms with van der Waals surface area (Å²) in [5.41, 5.74) is -2.54. The van der Waals surface area contributed by atoms with Crippen LogP contribution in [-0.2, 0) is 10.1 Å². The molecule has 1 aromatic rings. The van der Waals surface area contributed by atoms with Gasteiger partial charge in [-0.2, -0.15) is 0 Å². The van der Waals surface area contributed by atoms with Crippen molar-refractivity contribution in [3.8, 4) is 11.5 Å². The molecule has 0 bridgehead atoms. The van der Waals surface area contributed by atoms with E-state index >= 15 is 0 Å². The van der Waals surface area contributed by atoms with E-state index in [4.69, 9.17) is 15.3 Å². The molecule has 0 saturated carbocycles. The van der Waals surface area contributed by atoms with Gasteiger partial charge in [-0.25, -0.2) is 8.42 Å². The van der Waals surface area contributed by atoms with Crippen LogP contribution in [0.5, 0.6) is 11.5 Å². The Kier molecular flexibility index (Phi) is 5.04. The number of benzene rings is 1. The first kappa shape index (κ1) is 14.7. The quantitative estimate of drug-likeness (QED) is 0.283. The molecule has 0 fully saturated rings. The van der Waals surface area contributed by atoms with Crippen molar-refractivity contribution in [2.45, 2.75) is 5.44 Å². The van der Waals surface area contributed by atoms with E-state index in [-0.39, 0.29) is 35.1 Å². The van der Waals surface area contributed by atoms with Crippen LogP contribution in [0, 0.1) is 0 Å². The van der Waals surface area contributed by atoms with Gasteiger partial charge in [-0.3, -0.25) is 0 Å². The smallest absolute Gasteiger partial charge is 0.746 e. The van der Waals surface area contributed by atoms with Crippen LogP contribution in [-0.4, -0.2) is 28.3 Å². The summed E-state index contributed by atoms with van der Waals surface area (Å²) in [6, 6.07) is 2.80. The summed E-state index contributed by atoms with van der Waals surface area (Å²) in [6.45, 7) is 0. The second-order valence-corrected chi connectivity index (χ2v) is 4.03. The number of hydrogen-bond donors (Lipinski definition) is 3. The summed E-state index contributed by atoms with van der Waals surface area (Å²) < 4.78 is 31.1. The minimum absolute atomic E-state index is 0. The van der Waals surface area contributed by atoms with E-state index in [9.17, 15) is 13.0 Å². The van der Waals surface area contributed by atoms with Gasteiger partial charge in [-0.05, 0) is 17.7 Å². The van der Waals surface area contributed by atoms with Crippen LogP contribution in [0.15, 0.2) is 18.2 Å². The number of phenolic OH excluding ortho intramolecular Hbond substituents is 2. The van der Waals surface area contributed by atoms with Crippen molar-refractivity contribution in [2.75, 3.05) is 0 Å². The second kappa shape index (κ2) is 5.15. The Morgan fingerprint density at radius 3 is 2.13 bits per heavy atom. The van der Waals surface area contributed by atoms with Gasteiger partial charge >= 0.3 is 29.6 Å². The number of aliphatic hydroxyl groups excluding tert-OH is 1. The van der Waals surface area contributed by atoms with Crippen molar-refractivity contribution in [1.29, 1.82) is 0 Å². The van der Waals surface area contributed by atoms with Crippen molar-refractivity contribution >= 4 is 10.1 Å². The molecule has 1 rings (SSSR count). The molecule has 78 valence electrons. The third kappa shape index (κ3) is 3.63. The van der Waals surface area contributed by atoms with E-state index in [1.165, 1.54) is 0 Å². The molecule has 0 spiro atoms. The van der Waals surface area contributed by atoms with Gasteiger partial charge in [0.25, 0.3) is 0 Å². The molecular weight excluding hydrogens is 235 g/mol. The zero-order valence-electron chi connectivity index (χ0n) is 7.78. The Morgan fingerprint density at radius 2 is 1.73 bits per heavy atom. The topological polar surface area (TPSA) is 118 Å². The van der Waals surface area contributed by atoms with Gasteiger partial charge in [0, 0.05) is 0 Å². The fourth-order valence-electron chi connectivity index (χ4n) is 0.861. The molecule has 3 N–H and O–H groups in total. The molecule has 0 amide bonds. The van der Waals surface area contributed by atoms with Crippen LogP contribution < -0.4 is 29.6 Å². The summed E-state index contributed by atoms with van der Waals surface area (Å²) in [5.74, 6) is -1.07. The van der Waals surface area contributed by atoms with Crippen molar-refractivity contribution in [3.05, 3.63) is 23.8 Å². The zero-order chi connectivity index (χ0) is 10.9. The summed E-state index contributed by atoms with van der Waals surface area (Å²) >= 11 is 0. The van der Waals surface area contributed by atoms with E-state index in [1.807, 2.05) is 0 Å². The minimum Gasteiger partial charge on any atom is -0.746 e. The largest absolute Gasteiger partial charge is 1.00 e. The molecule has 0 radical (unpaired) electrons. The number of phenols is 2. The molecule has 0 aromatic heterocycles. The molecule has 1 aromatic carbocycles. The third-order valence-electron chi connectivity index (χ3n) is 1.56. The van der Waals surface area contributed by atoms with Gasteiger partial charge in [0.2, 0.25) is 0 Å². The maximum atomic E-state index is 10.4. The molecule has 1 unspecified atom stereocenters. The van der Waals surface area contributed by atoms with Crippen molar-refractivity contribution < 1.29 is 57.8 Å². The Hall–Kier alpha value is -0.310. The van der Waals surface area contributed by atoms with Gasteiger partial charge in [0.15, 0.2) is 16.9 Å². The summed E-state index contributed by atoms with van der Waals surface area (Å²) in [7, 11) is -4.87. The third-order valence-corrected chi connectivity index (χ3v) is 2.38. The van der Waals surface area contributed by atoms with Crippen LogP contribution >= 0.6 is 0 Å². The second-order valence-electron chi connectivity index (χ2n) is 2.59. The molecule has 0 aliphatic heterocycles. The SMILES string of the molecule is O=S(=O)([O-])C(O)c1ccc(O)c(O)c1.[Na+]. The fraction of sp³-hybridized carbons (Fsp3) is 0.143. The van der Waals surface area contributed by atoms with E-state index in [2.05, 4.69) is 0 Å². The van der Waals surface area contributed by atoms with Crippen LogP contribution in [0.2, 0.25) is 0 Å². The molecule has 0 heterocycles. The van der Waals surface area contributed by atoms with Gasteiger partial charge in [0.1, 0.15) is 10.1 Å². The molecule has 0 aliphatic rings. The molecule has 0 saturated heterocycles. The predicted molar refractivity (Wildman–Crippen MR) is 44.4 cm³/mol. The monoisotopic (exact) mass is 242 g/mol. The van der Waals surface area contributed by atoms with E-state index < -0.39 is 27.1 Å². The number of hydrogen-bond acceptors (Lipinski definition) is 6. The van der Waals surface area contributed by atoms with Crippen molar-refractivity contribution in [3.63, 3.8) is 0 Å². The Labute approximate surface area is 108 Å². The Bertz CT molecular complexity index is 443. The molecular formula is C7H7NaO6S. The first-order chi connectivity index (χ1) is 6.32. The molecule has 6 nitrogen and oxygen atoms in total. The minimum atomic E-state index is -4.87. The number of aromatic hydroxyl groups is 2. The standard InChI is InChI=1S/C7H8O6S.Na/c8-5-2-1-4(3-6(5)9)7(10)14(11,12)13;/h1-3,7-10H,(H,11,12,13);/q;+1/p-1. The van der Waals surface area contributed by atoms with E-state index in [1.54, 1.807) is 0 Å². The van der Waals surface area contributed by atoms with Gasteiger partial charge < -0.3 is 19.9 Å². The van der Waals surface area contributed by atoms with Gasteiger partial charge in [-0.1, -0.05) is 6.07 Å². The average molecular weight is 242 g/mol. The van der Waals surface area contributed by atoms with Gasteiger partial charge in [-0.15, -0.1) is 0 Å². The Morgan fingerprint density at radius 1 is 1.20 bits per heavy atom. The molecule has 0 aliphatic carbocycles. The molecule has 1 atom stereocenters. The van der Waals surface area contributed by atoms with Gasteiger partial charge in [0.05, 0.1) is 0 Å². The van der Waals surface area contributed by atoms with Crippen LogP contribution in [0.3, 0.4) is 0 Å². The first-order valence-corrected chi connectivity index (χ1v) is 4.94. The number of rotatable bonds is 2. The maximum Gasteiger partial charge on any atom is 1.00 e.